The zero-order valence-electron chi connectivity index (χ0n) is 21.7. The molecule has 0 N–H and O–H groups in total. The van der Waals surface area contributed by atoms with Crippen molar-refractivity contribution in [2.24, 2.45) is 0 Å². The van der Waals surface area contributed by atoms with E-state index in [9.17, 15) is 57.5 Å². The molecular weight excluding hydrogens is 560 g/mol. The molecule has 0 bridgehead atoms. The maximum Gasteiger partial charge on any atom is 0.384 e. The number of ether oxygens (including phenoxy) is 1. The number of hydrogen-bond acceptors (Lipinski definition) is 2. The smallest absolute Gasteiger partial charge is 0.384 e. The van der Waals surface area contributed by atoms with Gasteiger partial charge in [-0.1, -0.05) is 70.4 Å². The number of hydrogen-bond donors (Lipinski definition) is 0. The molecule has 39 heavy (non-hydrogen) atoms. The van der Waals surface area contributed by atoms with Gasteiger partial charge in [0.25, 0.3) is 0 Å². The minimum Gasteiger partial charge on any atom is -0.459 e. The molecule has 0 amide bonds. The fourth-order valence-corrected chi connectivity index (χ4v) is 3.45. The molecule has 0 saturated heterocycles. The van der Waals surface area contributed by atoms with Crippen molar-refractivity contribution in [1.82, 2.24) is 0 Å². The van der Waals surface area contributed by atoms with E-state index >= 15 is 0 Å². The van der Waals surface area contributed by atoms with E-state index in [0.29, 0.717) is 12.8 Å². The van der Waals surface area contributed by atoms with Gasteiger partial charge in [-0.3, -0.25) is 4.79 Å². The number of carbonyl (C=O) groups excluding carboxylic acids is 1. The first kappa shape index (κ1) is 37.4. The monoisotopic (exact) mass is 596 g/mol. The fourth-order valence-electron chi connectivity index (χ4n) is 3.45. The second kappa shape index (κ2) is 16.6. The van der Waals surface area contributed by atoms with Gasteiger partial charge in [0.1, 0.15) is 0 Å². The summed E-state index contributed by atoms with van der Waals surface area (Å²) in [6.45, 7) is -0.698. The van der Waals surface area contributed by atoms with Crippen LogP contribution in [0.15, 0.2) is 12.2 Å². The lowest BCUT2D eigenvalue weighted by atomic mass is 9.94. The number of unbranched alkanes of at least 4 members (excludes halogenated alkanes) is 11. The van der Waals surface area contributed by atoms with Crippen LogP contribution in [0.2, 0.25) is 0 Å². The highest BCUT2D eigenvalue weighted by atomic mass is 19.4. The molecule has 14 heteroatoms. The van der Waals surface area contributed by atoms with Gasteiger partial charge in [-0.25, -0.2) is 8.78 Å². The second-order valence-electron chi connectivity index (χ2n) is 9.35. The summed E-state index contributed by atoms with van der Waals surface area (Å²) in [7, 11) is 0. The maximum atomic E-state index is 13.6. The molecular formula is C25H36F12O2. The highest BCUT2D eigenvalue weighted by Crippen LogP contribution is 2.58. The molecule has 0 aliphatic heterocycles. The quantitative estimate of drug-likeness (QED) is 0.0538. The van der Waals surface area contributed by atoms with Gasteiger partial charge in [0, 0.05) is 6.42 Å². The van der Waals surface area contributed by atoms with E-state index in [-0.39, 0.29) is 6.42 Å². The van der Waals surface area contributed by atoms with Gasteiger partial charge in [0.2, 0.25) is 0 Å². The van der Waals surface area contributed by atoms with Crippen LogP contribution < -0.4 is 0 Å². The van der Waals surface area contributed by atoms with Crippen molar-refractivity contribution >= 4 is 5.97 Å². The molecule has 0 spiro atoms. The van der Waals surface area contributed by atoms with Crippen molar-refractivity contribution in [3.05, 3.63) is 12.2 Å². The van der Waals surface area contributed by atoms with Gasteiger partial charge in [0.05, 0.1) is 0 Å². The molecule has 0 atom stereocenters. The Morgan fingerprint density at radius 1 is 0.641 bits per heavy atom. The Hall–Kier alpha value is -1.63. The van der Waals surface area contributed by atoms with Crippen LogP contribution in [0.3, 0.4) is 0 Å². The molecule has 0 saturated carbocycles. The van der Waals surface area contributed by atoms with Crippen LogP contribution >= 0.6 is 0 Å². The number of halogens is 12. The summed E-state index contributed by atoms with van der Waals surface area (Å²) in [6.07, 6.45) is 9.82. The molecule has 0 aliphatic carbocycles. The van der Waals surface area contributed by atoms with Crippen LogP contribution in [0.25, 0.3) is 0 Å². The Balaban J connectivity index is 4.39. The van der Waals surface area contributed by atoms with Crippen LogP contribution in [0.4, 0.5) is 52.7 Å². The van der Waals surface area contributed by atoms with E-state index in [4.69, 9.17) is 0 Å². The first-order valence-electron chi connectivity index (χ1n) is 12.9. The van der Waals surface area contributed by atoms with Crippen molar-refractivity contribution in [3.8, 4) is 0 Å². The lowest BCUT2D eigenvalue weighted by Gasteiger charge is -2.38. The Morgan fingerprint density at radius 3 is 1.54 bits per heavy atom. The van der Waals surface area contributed by atoms with Crippen molar-refractivity contribution in [2.45, 2.75) is 133 Å². The standard InChI is InChI=1S/C25H36F12O2/c1-2-3-4-5-6-7-8-9-10-11-12-13-14-15-16-17-19(38)39-18-21(28,29)23(32,33)25(36,37)24(34,35)22(30,31)20(26)27/h9-10,20H,2-8,11-18H2,1H3/b10-9-. The van der Waals surface area contributed by atoms with Crippen LogP contribution in [-0.2, 0) is 9.53 Å². The number of allylic oxidation sites excluding steroid dienone is 2. The predicted molar refractivity (Wildman–Crippen MR) is 121 cm³/mol. The predicted octanol–water partition coefficient (Wildman–Crippen LogP) is 10.0. The van der Waals surface area contributed by atoms with Gasteiger partial charge in [-0.05, 0) is 32.1 Å². The topological polar surface area (TPSA) is 26.3 Å². The lowest BCUT2D eigenvalue weighted by Crippen LogP contribution is -2.69. The van der Waals surface area contributed by atoms with E-state index in [1.807, 2.05) is 0 Å². The van der Waals surface area contributed by atoms with E-state index < -0.39 is 55.0 Å². The highest BCUT2D eigenvalue weighted by Gasteiger charge is 2.87. The summed E-state index contributed by atoms with van der Waals surface area (Å²) in [4.78, 5) is 11.5. The van der Waals surface area contributed by atoms with Crippen LogP contribution in [0.5, 0.6) is 0 Å². The summed E-state index contributed by atoms with van der Waals surface area (Å²) in [5, 5.41) is 0. The van der Waals surface area contributed by atoms with Crippen LogP contribution in [0.1, 0.15) is 96.8 Å². The zero-order chi connectivity index (χ0) is 30.4. The van der Waals surface area contributed by atoms with Gasteiger partial charge in [-0.15, -0.1) is 0 Å². The van der Waals surface area contributed by atoms with Crippen molar-refractivity contribution in [3.63, 3.8) is 0 Å². The average Bonchev–Trinajstić information content (AvgIpc) is 2.84. The van der Waals surface area contributed by atoms with Crippen LogP contribution in [0, 0.1) is 0 Å². The Morgan fingerprint density at radius 2 is 1.08 bits per heavy atom. The lowest BCUT2D eigenvalue weighted by molar-refractivity contribution is -0.414. The molecule has 0 fully saturated rings. The minimum atomic E-state index is -7.63. The maximum absolute atomic E-state index is 13.6. The molecule has 0 unspecified atom stereocenters. The third kappa shape index (κ3) is 10.7. The van der Waals surface area contributed by atoms with Gasteiger partial charge in [0.15, 0.2) is 6.61 Å². The molecule has 232 valence electrons. The second-order valence-corrected chi connectivity index (χ2v) is 9.35. The molecule has 0 heterocycles. The first-order valence-corrected chi connectivity index (χ1v) is 12.9. The van der Waals surface area contributed by atoms with Gasteiger partial charge >= 0.3 is 42.0 Å². The summed E-state index contributed by atoms with van der Waals surface area (Å²) in [6, 6.07) is 0. The van der Waals surface area contributed by atoms with Crippen molar-refractivity contribution < 1.29 is 62.2 Å². The third-order valence-corrected chi connectivity index (χ3v) is 6.00. The largest absolute Gasteiger partial charge is 0.459 e. The highest BCUT2D eigenvalue weighted by molar-refractivity contribution is 5.69. The fraction of sp³-hybridized carbons (Fsp3) is 0.880. The average molecular weight is 597 g/mol. The molecule has 0 rings (SSSR count). The Labute approximate surface area is 220 Å². The minimum absolute atomic E-state index is 0.0590. The van der Waals surface area contributed by atoms with Gasteiger partial charge in [-0.2, -0.15) is 43.9 Å². The molecule has 0 aromatic rings. The van der Waals surface area contributed by atoms with Crippen LogP contribution in [-0.4, -0.2) is 48.6 Å². The number of rotatable bonds is 22. The Kier molecular flexibility index (Phi) is 15.9. The molecule has 0 aromatic heterocycles. The van der Waals surface area contributed by atoms with E-state index in [2.05, 4.69) is 23.8 Å². The van der Waals surface area contributed by atoms with Crippen molar-refractivity contribution in [1.29, 1.82) is 0 Å². The molecule has 0 aromatic carbocycles. The Bertz CT molecular complexity index is 724. The number of alkyl halides is 12. The zero-order valence-corrected chi connectivity index (χ0v) is 21.7. The summed E-state index contributed by atoms with van der Waals surface area (Å²) in [5.41, 5.74) is 0. The molecule has 0 aliphatic rings. The summed E-state index contributed by atoms with van der Waals surface area (Å²) < 4.78 is 161. The van der Waals surface area contributed by atoms with E-state index in [1.54, 1.807) is 0 Å². The number of esters is 1. The molecule has 2 nitrogen and oxygen atoms in total. The van der Waals surface area contributed by atoms with Gasteiger partial charge < -0.3 is 4.74 Å². The summed E-state index contributed by atoms with van der Waals surface area (Å²) >= 11 is 0. The normalized spacial score (nSPS) is 14.0. The third-order valence-electron chi connectivity index (χ3n) is 6.00. The number of carbonyl (C=O) groups is 1. The van der Waals surface area contributed by atoms with E-state index in [0.717, 1.165) is 32.1 Å². The summed E-state index contributed by atoms with van der Waals surface area (Å²) in [5.74, 6) is -37.3. The van der Waals surface area contributed by atoms with Crippen molar-refractivity contribution in [2.75, 3.05) is 6.61 Å². The van der Waals surface area contributed by atoms with E-state index in [1.165, 1.54) is 32.1 Å². The molecule has 0 radical (unpaired) electrons. The first-order chi connectivity index (χ1) is 17.9. The SMILES string of the molecule is CCCCCCCC/C=C\CCCCCCCC(=O)OCC(F)(F)C(F)(F)C(F)(F)C(F)(F)C(F)(F)C(F)F.